The Morgan fingerprint density at radius 1 is 1.19 bits per heavy atom. The molecule has 4 N–H and O–H groups in total. The van der Waals surface area contributed by atoms with Gasteiger partial charge in [-0.1, -0.05) is 29.3 Å². The molecule has 0 aliphatic carbocycles. The number of benzene rings is 2. The Balaban J connectivity index is 1.38. The lowest BCUT2D eigenvalue weighted by atomic mass is 10.1. The highest BCUT2D eigenvalue weighted by atomic mass is 35.5. The van der Waals surface area contributed by atoms with Gasteiger partial charge in [0, 0.05) is 17.3 Å². The number of fused-ring (bicyclic) bond motifs is 1. The normalized spacial score (nSPS) is 22.8. The molecule has 2 heterocycles. The first-order valence-electron chi connectivity index (χ1n) is 10.2. The van der Waals surface area contributed by atoms with E-state index in [0.29, 0.717) is 11.6 Å². The van der Waals surface area contributed by atoms with Crippen molar-refractivity contribution >= 4 is 46.6 Å². The second-order valence-corrected chi connectivity index (χ2v) is 9.48. The predicted molar refractivity (Wildman–Crippen MR) is 126 cm³/mol. The van der Waals surface area contributed by atoms with Gasteiger partial charge in [0.05, 0.1) is 17.4 Å². The van der Waals surface area contributed by atoms with Crippen molar-refractivity contribution in [3.05, 3.63) is 58.1 Å². The molecule has 2 aliphatic rings. The van der Waals surface area contributed by atoms with Gasteiger partial charge in [0.15, 0.2) is 0 Å². The number of nitrogens with one attached hydrogen (secondary N) is 4. The lowest BCUT2D eigenvalue weighted by Crippen LogP contribution is -2.63. The van der Waals surface area contributed by atoms with Crippen molar-refractivity contribution in [3.63, 3.8) is 0 Å². The minimum Gasteiger partial charge on any atom is -0.331 e. The number of anilines is 2. The van der Waals surface area contributed by atoms with Crippen LogP contribution in [0.5, 0.6) is 0 Å². The summed E-state index contributed by atoms with van der Waals surface area (Å²) in [6, 6.07) is 11.6. The fourth-order valence-electron chi connectivity index (χ4n) is 4.10. The Kier molecular flexibility index (Phi) is 6.43. The molecule has 4 rings (SSSR count). The lowest BCUT2D eigenvalue weighted by molar-refractivity contribution is -0.127. The minimum absolute atomic E-state index is 0.0316. The van der Waals surface area contributed by atoms with Gasteiger partial charge >= 0.3 is 0 Å². The molecule has 2 saturated heterocycles. The lowest BCUT2D eigenvalue weighted by Gasteiger charge is -2.37. The number of carbonyl (C=O) groups excluding carboxylic acids is 2. The highest BCUT2D eigenvalue weighted by Crippen LogP contribution is 2.28. The third-order valence-electron chi connectivity index (χ3n) is 5.50. The van der Waals surface area contributed by atoms with Crippen LogP contribution in [0, 0.1) is 26.7 Å². The summed E-state index contributed by atoms with van der Waals surface area (Å²) >= 11 is 7.36. The summed E-state index contributed by atoms with van der Waals surface area (Å²) in [5, 5.41) is 12.0. The van der Waals surface area contributed by atoms with E-state index in [-0.39, 0.29) is 35.1 Å². The molecular formula is C22H26ClN5O2S. The number of amides is 2. The topological polar surface area (TPSA) is 85.5 Å². The van der Waals surface area contributed by atoms with Crippen LogP contribution < -0.4 is 26.4 Å². The Morgan fingerprint density at radius 3 is 2.55 bits per heavy atom. The maximum absolute atomic E-state index is 12.6. The van der Waals surface area contributed by atoms with Gasteiger partial charge in [-0.25, -0.2) is 5.43 Å². The molecule has 2 aromatic carbocycles. The molecule has 2 amide bonds. The molecule has 7 nitrogen and oxygen atoms in total. The summed E-state index contributed by atoms with van der Waals surface area (Å²) in [5.41, 5.74) is 7.94. The Morgan fingerprint density at radius 2 is 1.87 bits per heavy atom. The number of nitrogens with zero attached hydrogens (tertiary/aromatic N) is 1. The highest BCUT2D eigenvalue weighted by Gasteiger charge is 2.44. The van der Waals surface area contributed by atoms with Crippen LogP contribution in [0.2, 0.25) is 5.02 Å². The standard InChI is InChI=1S/C22H26ClN5O2S/c1-12-8-13(2)19(14(3)9-12)25-18(29)11-31-22-26-20-17(21(30)27-22)10-24-28(20)16-6-4-15(23)5-7-16/h4-9,17,20,22,24,26H,10-11H2,1-3H3,(H,25,29)(H,27,30). The van der Waals surface area contributed by atoms with Crippen molar-refractivity contribution in [3.8, 4) is 0 Å². The zero-order valence-corrected chi connectivity index (χ0v) is 19.2. The molecule has 0 bridgehead atoms. The second kappa shape index (κ2) is 9.08. The van der Waals surface area contributed by atoms with Crippen LogP contribution >= 0.6 is 23.4 Å². The van der Waals surface area contributed by atoms with Crippen LogP contribution in [0.15, 0.2) is 36.4 Å². The molecule has 2 aliphatic heterocycles. The van der Waals surface area contributed by atoms with E-state index >= 15 is 0 Å². The van der Waals surface area contributed by atoms with Gasteiger partial charge < -0.3 is 10.6 Å². The zero-order valence-electron chi connectivity index (χ0n) is 17.7. The van der Waals surface area contributed by atoms with E-state index in [1.807, 2.05) is 50.0 Å². The first-order valence-corrected chi connectivity index (χ1v) is 11.6. The number of carbonyl (C=O) groups is 2. The van der Waals surface area contributed by atoms with E-state index < -0.39 is 0 Å². The van der Waals surface area contributed by atoms with Gasteiger partial charge in [-0.15, -0.1) is 11.8 Å². The van der Waals surface area contributed by atoms with E-state index in [4.69, 9.17) is 11.6 Å². The minimum atomic E-state index is -0.366. The maximum atomic E-state index is 12.6. The monoisotopic (exact) mass is 459 g/mol. The molecule has 31 heavy (non-hydrogen) atoms. The summed E-state index contributed by atoms with van der Waals surface area (Å²) in [7, 11) is 0. The van der Waals surface area contributed by atoms with Gasteiger partial charge in [0.25, 0.3) is 0 Å². The number of halogens is 1. The van der Waals surface area contributed by atoms with Gasteiger partial charge in [-0.2, -0.15) is 0 Å². The van der Waals surface area contributed by atoms with Crippen molar-refractivity contribution < 1.29 is 9.59 Å². The van der Waals surface area contributed by atoms with Crippen LogP contribution in [0.25, 0.3) is 0 Å². The zero-order chi connectivity index (χ0) is 22.1. The number of thioether (sulfide) groups is 1. The van der Waals surface area contributed by atoms with Crippen molar-refractivity contribution in [2.45, 2.75) is 32.4 Å². The molecule has 0 radical (unpaired) electrons. The Labute approximate surface area is 191 Å². The quantitative estimate of drug-likeness (QED) is 0.550. The van der Waals surface area contributed by atoms with E-state index in [1.54, 1.807) is 0 Å². The summed E-state index contributed by atoms with van der Waals surface area (Å²) < 4.78 is 0. The number of hydrogen-bond donors (Lipinski definition) is 4. The fraction of sp³-hybridized carbons (Fsp3) is 0.364. The summed E-state index contributed by atoms with van der Waals surface area (Å²) in [5.74, 6) is -0.136. The van der Waals surface area contributed by atoms with Crippen molar-refractivity contribution in [1.29, 1.82) is 0 Å². The largest absolute Gasteiger partial charge is 0.331 e. The van der Waals surface area contributed by atoms with Gasteiger partial charge in [0.2, 0.25) is 11.8 Å². The van der Waals surface area contributed by atoms with Crippen molar-refractivity contribution in [1.82, 2.24) is 16.1 Å². The van der Waals surface area contributed by atoms with Gasteiger partial charge in [-0.05, 0) is 56.2 Å². The van der Waals surface area contributed by atoms with Crippen molar-refractivity contribution in [2.24, 2.45) is 5.92 Å². The number of aryl methyl sites for hydroxylation is 3. The highest BCUT2D eigenvalue weighted by molar-refractivity contribution is 8.00. The van der Waals surface area contributed by atoms with E-state index in [0.717, 1.165) is 22.5 Å². The molecule has 3 unspecified atom stereocenters. The predicted octanol–water partition coefficient (Wildman–Crippen LogP) is 2.91. The Hall–Kier alpha value is -2.26. The average molecular weight is 460 g/mol. The molecule has 3 atom stereocenters. The number of rotatable bonds is 5. The third-order valence-corrected chi connectivity index (χ3v) is 6.77. The number of hydrazine groups is 1. The van der Waals surface area contributed by atoms with E-state index in [9.17, 15) is 9.59 Å². The average Bonchev–Trinajstić information content (AvgIpc) is 3.14. The van der Waals surface area contributed by atoms with Crippen LogP contribution in [-0.2, 0) is 9.59 Å². The smallest absolute Gasteiger partial charge is 0.234 e. The molecule has 0 spiro atoms. The molecule has 0 aromatic heterocycles. The molecule has 164 valence electrons. The second-order valence-electron chi connectivity index (χ2n) is 7.95. The first kappa shape index (κ1) is 22.0. The molecule has 2 fully saturated rings. The van der Waals surface area contributed by atoms with Crippen LogP contribution in [0.1, 0.15) is 16.7 Å². The van der Waals surface area contributed by atoms with Crippen LogP contribution in [-0.4, -0.2) is 35.8 Å². The summed E-state index contributed by atoms with van der Waals surface area (Å²) in [6.07, 6.45) is -0.211. The molecular weight excluding hydrogens is 434 g/mol. The fourth-order valence-corrected chi connectivity index (χ4v) is 5.05. The molecule has 0 saturated carbocycles. The molecule has 2 aromatic rings. The van der Waals surface area contributed by atoms with E-state index in [2.05, 4.69) is 33.5 Å². The van der Waals surface area contributed by atoms with Crippen molar-refractivity contribution in [2.75, 3.05) is 22.6 Å². The van der Waals surface area contributed by atoms with Crippen LogP contribution in [0.3, 0.4) is 0 Å². The van der Waals surface area contributed by atoms with E-state index in [1.165, 1.54) is 17.3 Å². The number of hydrogen-bond acceptors (Lipinski definition) is 6. The Bertz CT molecular complexity index is 977. The van der Waals surface area contributed by atoms with Crippen LogP contribution in [0.4, 0.5) is 11.4 Å². The summed E-state index contributed by atoms with van der Waals surface area (Å²) in [6.45, 7) is 6.56. The molecule has 9 heteroatoms. The third kappa shape index (κ3) is 4.82. The first-order chi connectivity index (χ1) is 14.8. The van der Waals surface area contributed by atoms with Gasteiger partial charge in [-0.3, -0.25) is 19.9 Å². The van der Waals surface area contributed by atoms with Gasteiger partial charge in [0.1, 0.15) is 11.7 Å². The summed E-state index contributed by atoms with van der Waals surface area (Å²) in [4.78, 5) is 25.2. The maximum Gasteiger partial charge on any atom is 0.234 e. The SMILES string of the molecule is Cc1cc(C)c(NC(=O)CSC2NC(=O)C3CNN(c4ccc(Cl)cc4)C3N2)c(C)c1.